The summed E-state index contributed by atoms with van der Waals surface area (Å²) in [7, 11) is -2.22. The maximum absolute atomic E-state index is 13.6. The molecule has 42 heavy (non-hydrogen) atoms. The summed E-state index contributed by atoms with van der Waals surface area (Å²) < 4.78 is 28.6. The first-order valence-electron chi connectivity index (χ1n) is 13.7. The predicted molar refractivity (Wildman–Crippen MR) is 162 cm³/mol. The van der Waals surface area contributed by atoms with Gasteiger partial charge in [-0.15, -0.1) is 0 Å². The van der Waals surface area contributed by atoms with Gasteiger partial charge in [-0.1, -0.05) is 55.0 Å². The summed E-state index contributed by atoms with van der Waals surface area (Å²) in [6.45, 7) is 8.42. The first-order valence-corrected chi connectivity index (χ1v) is 16.0. The Labute approximate surface area is 284 Å². The quantitative estimate of drug-likeness (QED) is 0.298. The second-order valence-electron chi connectivity index (χ2n) is 12.5. The fourth-order valence-electron chi connectivity index (χ4n) is 6.37. The number of sulfonamides is 1. The molecule has 3 amide bonds. The molecule has 2 aliphatic heterocycles. The van der Waals surface area contributed by atoms with Crippen molar-refractivity contribution in [2.75, 3.05) is 24.4 Å². The van der Waals surface area contributed by atoms with Crippen molar-refractivity contribution < 1.29 is 55.5 Å². The number of nitrogens with one attached hydrogen (secondary N) is 2. The number of hydrogen-bond donors (Lipinski definition) is 2. The Morgan fingerprint density at radius 3 is 2.48 bits per heavy atom. The molecule has 1 saturated heterocycles. The zero-order chi connectivity index (χ0) is 30.3. The third-order valence-electron chi connectivity index (χ3n) is 7.85. The number of allylic oxidation sites excluding steroid dienone is 3. The van der Waals surface area contributed by atoms with Crippen molar-refractivity contribution in [3.05, 3.63) is 51.9 Å². The van der Waals surface area contributed by atoms with Gasteiger partial charge in [0.25, 0.3) is 10.0 Å². The number of hydrogen-bond acceptors (Lipinski definition) is 7. The van der Waals surface area contributed by atoms with E-state index >= 15 is 0 Å². The van der Waals surface area contributed by atoms with E-state index in [1.165, 1.54) is 4.31 Å². The molecule has 0 saturated carbocycles. The molecule has 0 aromatic heterocycles. The Morgan fingerprint density at radius 1 is 1.17 bits per heavy atom. The fraction of sp³-hybridized carbons (Fsp3) is 0.552. The number of likely N-dealkylation sites (tertiary alicyclic amines) is 1. The third kappa shape index (κ3) is 7.69. The number of fused-ring (bicyclic) bond motifs is 2. The molecular formula is C29H38ClN4O5S2Y-. The second-order valence-corrected chi connectivity index (χ2v) is 15.4. The summed E-state index contributed by atoms with van der Waals surface area (Å²) in [5.41, 5.74) is 0.585. The van der Waals surface area contributed by atoms with Crippen LogP contribution in [0.25, 0.3) is 0 Å². The summed E-state index contributed by atoms with van der Waals surface area (Å²) in [6.07, 6.45) is 4.76. The van der Waals surface area contributed by atoms with Crippen LogP contribution in [0.3, 0.4) is 0 Å². The topological polar surface area (TPSA) is 116 Å². The summed E-state index contributed by atoms with van der Waals surface area (Å²) >= 11 is 11.3. The molecule has 1 aliphatic carbocycles. The number of halogens is 1. The molecule has 2 N–H and O–H groups in total. The second kappa shape index (κ2) is 13.4. The van der Waals surface area contributed by atoms with Crippen LogP contribution in [-0.4, -0.2) is 62.0 Å². The van der Waals surface area contributed by atoms with Crippen molar-refractivity contribution in [1.82, 2.24) is 15.5 Å². The van der Waals surface area contributed by atoms with Crippen LogP contribution in [0.4, 0.5) is 5.69 Å². The molecule has 3 atom stereocenters. The number of rotatable bonds is 9. The van der Waals surface area contributed by atoms with Crippen LogP contribution in [0, 0.1) is 11.3 Å². The van der Waals surface area contributed by atoms with Gasteiger partial charge in [0.1, 0.15) is 0 Å². The predicted octanol–water partition coefficient (Wildman–Crippen LogP) is 3.50. The molecule has 2 heterocycles. The minimum absolute atomic E-state index is 0. The zero-order valence-corrected chi connectivity index (χ0v) is 29.9. The van der Waals surface area contributed by atoms with Crippen molar-refractivity contribution in [1.29, 1.82) is 0 Å². The van der Waals surface area contributed by atoms with Crippen LogP contribution < -0.4 is 14.9 Å². The smallest absolute Gasteiger partial charge is 0.260 e. The van der Waals surface area contributed by atoms with Crippen molar-refractivity contribution >= 4 is 57.7 Å². The van der Waals surface area contributed by atoms with Gasteiger partial charge < -0.3 is 23.3 Å². The average molecular weight is 711 g/mol. The molecule has 1 aromatic carbocycles. The first kappa shape index (κ1) is 35.2. The molecule has 0 bridgehead atoms. The van der Waals surface area contributed by atoms with E-state index in [9.17, 15) is 22.8 Å². The van der Waals surface area contributed by atoms with Crippen molar-refractivity contribution in [3.63, 3.8) is 0 Å². The number of carbonyl (C=O) groups is 3. The van der Waals surface area contributed by atoms with Gasteiger partial charge >= 0.3 is 0 Å². The van der Waals surface area contributed by atoms with Crippen LogP contribution in [0.1, 0.15) is 65.0 Å². The number of para-hydroxylation sites is 1. The Kier molecular flexibility index (Phi) is 11.2. The normalized spacial score (nSPS) is 23.7. The van der Waals surface area contributed by atoms with Gasteiger partial charge in [0.15, 0.2) is 0 Å². The third-order valence-corrected chi connectivity index (χ3v) is 10.4. The van der Waals surface area contributed by atoms with Gasteiger partial charge in [-0.3, -0.25) is 23.6 Å². The Hall–Kier alpha value is -1.24. The summed E-state index contributed by atoms with van der Waals surface area (Å²) in [4.78, 5) is 38.2. The molecule has 13 heteroatoms. The van der Waals surface area contributed by atoms with Crippen LogP contribution in [-0.2, 0) is 69.7 Å². The van der Waals surface area contributed by atoms with Gasteiger partial charge in [0.2, 0.25) is 17.7 Å². The monoisotopic (exact) mass is 710 g/mol. The molecule has 4 rings (SSSR count). The van der Waals surface area contributed by atoms with E-state index in [-0.39, 0.29) is 93.2 Å². The minimum atomic E-state index is -3.78. The molecule has 1 fully saturated rings. The van der Waals surface area contributed by atoms with E-state index in [2.05, 4.69) is 24.5 Å². The van der Waals surface area contributed by atoms with E-state index in [0.29, 0.717) is 23.6 Å². The summed E-state index contributed by atoms with van der Waals surface area (Å²) in [5, 5.41) is 6.27. The van der Waals surface area contributed by atoms with Crippen molar-refractivity contribution in [2.45, 2.75) is 70.2 Å². The average Bonchev–Trinajstić information content (AvgIpc) is 3.08. The molecule has 0 spiro atoms. The number of anilines is 1. The molecular weight excluding hydrogens is 673 g/mol. The summed E-state index contributed by atoms with van der Waals surface area (Å²) in [6, 6.07) is 7.19. The standard InChI is InChI=1S/C29H39ClN4O5S2.Y/c1-28(2,16-24(35)31-12-13-34-25(36)15-22(40)27(34)37)17-29(3,4)32-26-19-8-6-7-9-21(19)33(5)41(38,39)23-14-18(30)10-11-20(23)26;/h6-10,14,20,22,26,32,40H,11-13,15-17H2,1-5H3,(H,31,35);/p-1. The van der Waals surface area contributed by atoms with E-state index in [1.807, 2.05) is 44.2 Å². The Bertz CT molecular complexity index is 1410. The van der Waals surface area contributed by atoms with Gasteiger partial charge in [0.05, 0.1) is 10.6 Å². The van der Waals surface area contributed by atoms with Crippen molar-refractivity contribution in [2.24, 2.45) is 11.3 Å². The molecule has 1 aromatic rings. The summed E-state index contributed by atoms with van der Waals surface area (Å²) in [5.74, 6) is -1.21. The van der Waals surface area contributed by atoms with Gasteiger partial charge in [-0.05, 0) is 49.8 Å². The van der Waals surface area contributed by atoms with Crippen molar-refractivity contribution in [3.8, 4) is 0 Å². The van der Waals surface area contributed by atoms with E-state index < -0.39 is 26.2 Å². The van der Waals surface area contributed by atoms with Crippen LogP contribution in [0.15, 0.2) is 46.4 Å². The van der Waals surface area contributed by atoms with Gasteiger partial charge in [0, 0.05) is 88.2 Å². The Morgan fingerprint density at radius 2 is 1.83 bits per heavy atom. The first-order chi connectivity index (χ1) is 19.0. The number of nitrogens with zero attached hydrogens (tertiary/aromatic N) is 2. The number of carbonyl (C=O) groups excluding carboxylic acids is 3. The molecule has 1 radical (unpaired) electrons. The fourth-order valence-corrected chi connectivity index (χ4v) is 8.54. The van der Waals surface area contributed by atoms with Gasteiger partial charge in [-0.25, -0.2) is 8.42 Å². The van der Waals surface area contributed by atoms with E-state index in [0.717, 1.165) is 10.5 Å². The molecule has 9 nitrogen and oxygen atoms in total. The largest absolute Gasteiger partial charge is 0.779 e. The minimum Gasteiger partial charge on any atom is -0.779 e. The van der Waals surface area contributed by atoms with Crippen LogP contribution in [0.2, 0.25) is 0 Å². The molecule has 3 unspecified atom stereocenters. The molecule has 227 valence electrons. The molecule has 3 aliphatic rings. The number of imide groups is 1. The number of amides is 3. The Balaban J connectivity index is 0.00000484. The number of benzene rings is 1. The zero-order valence-electron chi connectivity index (χ0n) is 24.6. The van der Waals surface area contributed by atoms with Crippen LogP contribution >= 0.6 is 11.6 Å². The van der Waals surface area contributed by atoms with Gasteiger partial charge in [-0.2, -0.15) is 0 Å². The van der Waals surface area contributed by atoms with E-state index in [4.69, 9.17) is 24.2 Å². The maximum Gasteiger partial charge on any atom is 0.260 e. The maximum atomic E-state index is 13.6. The van der Waals surface area contributed by atoms with E-state index in [1.54, 1.807) is 13.1 Å². The van der Waals surface area contributed by atoms with Crippen LogP contribution in [0.5, 0.6) is 0 Å². The SMILES string of the molecule is CN1c2ccccc2C(NC(C)(C)CC(C)(C)CC(=O)NCCN2C(=O)CC([S-])C2=O)C2CC=C(Cl)C=C2S1(=O)=O.[Y].